The molecule has 2 aliphatic rings. The minimum absolute atomic E-state index is 0.0950. The predicted octanol–water partition coefficient (Wildman–Crippen LogP) is 1.60. The quantitative estimate of drug-likeness (QED) is 0.814. The summed E-state index contributed by atoms with van der Waals surface area (Å²) in [6, 6.07) is 3.71. The molecular weight excluding hydrogens is 316 g/mol. The number of sulfonamides is 1. The Labute approximate surface area is 137 Å². The summed E-state index contributed by atoms with van der Waals surface area (Å²) in [5, 5.41) is 0. The number of pyridine rings is 1. The van der Waals surface area contributed by atoms with Crippen LogP contribution in [0, 0.1) is 12.8 Å². The van der Waals surface area contributed by atoms with Crippen molar-refractivity contribution in [3.05, 3.63) is 24.0 Å². The van der Waals surface area contributed by atoms with E-state index in [2.05, 4.69) is 4.98 Å². The Kier molecular flexibility index (Phi) is 5.18. The van der Waals surface area contributed by atoms with Gasteiger partial charge in [0.25, 0.3) is 0 Å². The van der Waals surface area contributed by atoms with Gasteiger partial charge in [-0.3, -0.25) is 4.98 Å². The fourth-order valence-electron chi connectivity index (χ4n) is 3.14. The number of hydrogen-bond donors (Lipinski definition) is 0. The van der Waals surface area contributed by atoms with Gasteiger partial charge in [0.05, 0.1) is 18.0 Å². The van der Waals surface area contributed by atoms with Crippen molar-refractivity contribution in [2.24, 2.45) is 5.92 Å². The van der Waals surface area contributed by atoms with Crippen LogP contribution in [0.1, 0.15) is 25.0 Å². The van der Waals surface area contributed by atoms with Gasteiger partial charge in [-0.2, -0.15) is 4.31 Å². The second kappa shape index (κ2) is 7.15. The maximum Gasteiger partial charge on any atom is 0.214 e. The van der Waals surface area contributed by atoms with Crippen LogP contribution < -0.4 is 4.74 Å². The van der Waals surface area contributed by atoms with Crippen LogP contribution in [0.4, 0.5) is 0 Å². The smallest absolute Gasteiger partial charge is 0.214 e. The predicted molar refractivity (Wildman–Crippen MR) is 86.9 cm³/mol. The summed E-state index contributed by atoms with van der Waals surface area (Å²) >= 11 is 0. The van der Waals surface area contributed by atoms with Crippen LogP contribution in [0.25, 0.3) is 0 Å². The minimum atomic E-state index is -3.21. The molecular formula is C16H24N2O4S. The number of aryl methyl sites for hydroxylation is 1. The molecule has 23 heavy (non-hydrogen) atoms. The van der Waals surface area contributed by atoms with Gasteiger partial charge in [0.1, 0.15) is 11.9 Å². The van der Waals surface area contributed by atoms with Gasteiger partial charge in [-0.1, -0.05) is 0 Å². The lowest BCUT2D eigenvalue weighted by Gasteiger charge is -2.24. The van der Waals surface area contributed by atoms with E-state index in [1.807, 2.05) is 19.1 Å². The number of ether oxygens (including phenoxy) is 2. The molecule has 0 N–H and O–H groups in total. The van der Waals surface area contributed by atoms with E-state index < -0.39 is 10.0 Å². The SMILES string of the molecule is Cc1ncccc1OC1CCN(S(=O)(=O)CC2CCOCC2)C1. The van der Waals surface area contributed by atoms with Crippen LogP contribution in [-0.4, -0.2) is 55.9 Å². The van der Waals surface area contributed by atoms with E-state index in [0.717, 1.165) is 30.7 Å². The fourth-order valence-corrected chi connectivity index (χ4v) is 5.05. The van der Waals surface area contributed by atoms with Gasteiger partial charge in [-0.25, -0.2) is 8.42 Å². The lowest BCUT2D eigenvalue weighted by atomic mass is 10.0. The lowest BCUT2D eigenvalue weighted by molar-refractivity contribution is 0.0720. The molecule has 0 aliphatic carbocycles. The van der Waals surface area contributed by atoms with Crippen molar-refractivity contribution in [2.75, 3.05) is 32.1 Å². The molecule has 0 bridgehead atoms. The first-order chi connectivity index (χ1) is 11.0. The molecule has 1 unspecified atom stereocenters. The summed E-state index contributed by atoms with van der Waals surface area (Å²) in [6.07, 6.45) is 4.02. The molecule has 128 valence electrons. The Morgan fingerprint density at radius 3 is 2.87 bits per heavy atom. The highest BCUT2D eigenvalue weighted by molar-refractivity contribution is 7.89. The zero-order chi connectivity index (χ0) is 16.3. The molecule has 1 aromatic rings. The van der Waals surface area contributed by atoms with Gasteiger partial charge in [-0.05, 0) is 44.2 Å². The standard InChI is InChI=1S/C16H24N2O4S/c1-13-16(3-2-7-17-13)22-15-4-8-18(11-15)23(19,20)12-14-5-9-21-10-6-14/h2-3,7,14-15H,4-6,8-12H2,1H3. The van der Waals surface area contributed by atoms with Crippen molar-refractivity contribution in [1.82, 2.24) is 9.29 Å². The van der Waals surface area contributed by atoms with Crippen LogP contribution in [0.15, 0.2) is 18.3 Å². The monoisotopic (exact) mass is 340 g/mol. The molecule has 3 rings (SSSR count). The first-order valence-electron chi connectivity index (χ1n) is 8.18. The molecule has 2 aliphatic heterocycles. The van der Waals surface area contributed by atoms with E-state index in [-0.39, 0.29) is 17.8 Å². The molecule has 0 radical (unpaired) electrons. The zero-order valence-corrected chi connectivity index (χ0v) is 14.3. The maximum atomic E-state index is 12.6. The molecule has 7 heteroatoms. The largest absolute Gasteiger partial charge is 0.487 e. The van der Waals surface area contributed by atoms with Gasteiger partial charge in [-0.15, -0.1) is 0 Å². The van der Waals surface area contributed by atoms with Gasteiger partial charge >= 0.3 is 0 Å². The lowest BCUT2D eigenvalue weighted by Crippen LogP contribution is -2.36. The number of rotatable bonds is 5. The highest BCUT2D eigenvalue weighted by Crippen LogP contribution is 2.24. The van der Waals surface area contributed by atoms with Crippen LogP contribution >= 0.6 is 0 Å². The van der Waals surface area contributed by atoms with Gasteiger partial charge in [0.2, 0.25) is 10.0 Å². The van der Waals surface area contributed by atoms with E-state index in [4.69, 9.17) is 9.47 Å². The third kappa shape index (κ3) is 4.22. The van der Waals surface area contributed by atoms with Crippen LogP contribution in [0.5, 0.6) is 5.75 Å². The van der Waals surface area contributed by atoms with Crippen molar-refractivity contribution in [3.8, 4) is 5.75 Å². The van der Waals surface area contributed by atoms with Crippen molar-refractivity contribution in [3.63, 3.8) is 0 Å². The Bertz CT molecular complexity index is 629. The first-order valence-corrected chi connectivity index (χ1v) is 9.79. The second-order valence-corrected chi connectivity index (χ2v) is 8.32. The topological polar surface area (TPSA) is 68.7 Å². The van der Waals surface area contributed by atoms with E-state index in [0.29, 0.717) is 26.3 Å². The van der Waals surface area contributed by atoms with Gasteiger partial charge < -0.3 is 9.47 Å². The number of hydrogen-bond acceptors (Lipinski definition) is 5. The molecule has 0 aromatic carbocycles. The van der Waals surface area contributed by atoms with Gasteiger partial charge in [0.15, 0.2) is 0 Å². The Morgan fingerprint density at radius 2 is 2.13 bits per heavy atom. The Balaban J connectivity index is 1.57. The van der Waals surface area contributed by atoms with Crippen molar-refractivity contribution < 1.29 is 17.9 Å². The summed E-state index contributed by atoms with van der Waals surface area (Å²) in [4.78, 5) is 4.20. The van der Waals surface area contributed by atoms with E-state index >= 15 is 0 Å². The first kappa shape index (κ1) is 16.7. The molecule has 0 spiro atoms. The van der Waals surface area contributed by atoms with Crippen molar-refractivity contribution in [1.29, 1.82) is 0 Å². The number of aromatic nitrogens is 1. The molecule has 1 aromatic heterocycles. The molecule has 3 heterocycles. The third-order valence-corrected chi connectivity index (χ3v) is 6.55. The average Bonchev–Trinajstić information content (AvgIpc) is 3.00. The summed E-state index contributed by atoms with van der Waals surface area (Å²) in [5.41, 5.74) is 0.830. The van der Waals surface area contributed by atoms with E-state index in [1.165, 1.54) is 0 Å². The molecule has 2 fully saturated rings. The van der Waals surface area contributed by atoms with E-state index in [1.54, 1.807) is 10.5 Å². The highest BCUT2D eigenvalue weighted by atomic mass is 32.2. The molecule has 0 amide bonds. The summed E-state index contributed by atoms with van der Waals surface area (Å²) in [6.45, 7) is 4.21. The van der Waals surface area contributed by atoms with Crippen LogP contribution in [0.2, 0.25) is 0 Å². The van der Waals surface area contributed by atoms with Crippen LogP contribution in [-0.2, 0) is 14.8 Å². The van der Waals surface area contributed by atoms with Crippen LogP contribution in [0.3, 0.4) is 0 Å². The average molecular weight is 340 g/mol. The molecule has 6 nitrogen and oxygen atoms in total. The normalized spacial score (nSPS) is 24.0. The second-order valence-electron chi connectivity index (χ2n) is 6.31. The number of nitrogens with zero attached hydrogens (tertiary/aromatic N) is 2. The summed E-state index contributed by atoms with van der Waals surface area (Å²) in [5.74, 6) is 1.19. The zero-order valence-electron chi connectivity index (χ0n) is 13.5. The van der Waals surface area contributed by atoms with Crippen molar-refractivity contribution in [2.45, 2.75) is 32.3 Å². The Morgan fingerprint density at radius 1 is 1.35 bits per heavy atom. The summed E-state index contributed by atoms with van der Waals surface area (Å²) < 4.78 is 38.0. The summed E-state index contributed by atoms with van der Waals surface area (Å²) in [7, 11) is -3.21. The highest BCUT2D eigenvalue weighted by Gasteiger charge is 2.34. The molecule has 1 atom stereocenters. The minimum Gasteiger partial charge on any atom is -0.487 e. The van der Waals surface area contributed by atoms with E-state index in [9.17, 15) is 8.42 Å². The fraction of sp³-hybridized carbons (Fsp3) is 0.688. The maximum absolute atomic E-state index is 12.6. The van der Waals surface area contributed by atoms with Gasteiger partial charge in [0, 0.05) is 26.0 Å². The Hall–Kier alpha value is -1.18. The molecule has 0 saturated carbocycles. The third-order valence-electron chi connectivity index (χ3n) is 4.54. The van der Waals surface area contributed by atoms with Crippen molar-refractivity contribution >= 4 is 10.0 Å². The molecule has 2 saturated heterocycles.